The standard InChI is InChI=1S/C20H31N3O3/c1-3-21-19(23-10-8-20(15-23)9-11-25-16-20)22-14-17-4-6-18(7-5-17)26-13-12-24-2/h4-7H,3,8-16H2,1-2H3,(H,21,22). The fourth-order valence-corrected chi connectivity index (χ4v) is 3.61. The third kappa shape index (κ3) is 4.89. The van der Waals surface area contributed by atoms with Gasteiger partial charge in [0.25, 0.3) is 0 Å². The molecule has 0 aromatic heterocycles. The average Bonchev–Trinajstić information content (AvgIpc) is 3.30. The molecule has 2 heterocycles. The van der Waals surface area contributed by atoms with E-state index in [9.17, 15) is 0 Å². The molecule has 26 heavy (non-hydrogen) atoms. The lowest BCUT2D eigenvalue weighted by atomic mass is 9.87. The summed E-state index contributed by atoms with van der Waals surface area (Å²) < 4.78 is 16.2. The molecule has 2 fully saturated rings. The highest BCUT2D eigenvalue weighted by atomic mass is 16.5. The van der Waals surface area contributed by atoms with Crippen molar-refractivity contribution in [2.75, 3.05) is 53.2 Å². The molecule has 0 aliphatic carbocycles. The van der Waals surface area contributed by atoms with Crippen LogP contribution in [0.4, 0.5) is 0 Å². The summed E-state index contributed by atoms with van der Waals surface area (Å²) in [7, 11) is 1.67. The summed E-state index contributed by atoms with van der Waals surface area (Å²) in [4.78, 5) is 7.24. The van der Waals surface area contributed by atoms with Gasteiger partial charge < -0.3 is 24.4 Å². The Morgan fingerprint density at radius 2 is 2.12 bits per heavy atom. The van der Waals surface area contributed by atoms with Crippen molar-refractivity contribution in [1.82, 2.24) is 10.2 Å². The number of methoxy groups -OCH3 is 1. The predicted molar refractivity (Wildman–Crippen MR) is 103 cm³/mol. The van der Waals surface area contributed by atoms with Crippen molar-refractivity contribution in [2.45, 2.75) is 26.3 Å². The SMILES string of the molecule is CCNC(=NCc1ccc(OCCOC)cc1)N1CCC2(CCOC2)C1. The normalized spacial score (nSPS) is 23.0. The Morgan fingerprint density at radius 3 is 2.81 bits per heavy atom. The maximum Gasteiger partial charge on any atom is 0.194 e. The molecule has 1 N–H and O–H groups in total. The van der Waals surface area contributed by atoms with Gasteiger partial charge in [-0.3, -0.25) is 0 Å². The molecule has 2 aliphatic rings. The van der Waals surface area contributed by atoms with Crippen molar-refractivity contribution >= 4 is 5.96 Å². The van der Waals surface area contributed by atoms with Crippen molar-refractivity contribution in [2.24, 2.45) is 10.4 Å². The minimum absolute atomic E-state index is 0.345. The van der Waals surface area contributed by atoms with E-state index in [0.717, 1.165) is 44.6 Å². The first-order valence-electron chi connectivity index (χ1n) is 9.56. The smallest absolute Gasteiger partial charge is 0.194 e. The van der Waals surface area contributed by atoms with Crippen molar-refractivity contribution in [3.63, 3.8) is 0 Å². The van der Waals surface area contributed by atoms with Gasteiger partial charge in [-0.05, 0) is 37.5 Å². The maximum atomic E-state index is 5.64. The van der Waals surface area contributed by atoms with E-state index in [1.165, 1.54) is 18.4 Å². The zero-order chi connectivity index (χ0) is 18.2. The van der Waals surface area contributed by atoms with Gasteiger partial charge in [0.2, 0.25) is 0 Å². The summed E-state index contributed by atoms with van der Waals surface area (Å²) in [6.45, 7) is 8.73. The summed E-state index contributed by atoms with van der Waals surface area (Å²) in [5, 5.41) is 3.44. The number of likely N-dealkylation sites (tertiary alicyclic amines) is 1. The largest absolute Gasteiger partial charge is 0.491 e. The van der Waals surface area contributed by atoms with E-state index in [4.69, 9.17) is 19.2 Å². The molecular formula is C20H31N3O3. The van der Waals surface area contributed by atoms with E-state index >= 15 is 0 Å². The van der Waals surface area contributed by atoms with Gasteiger partial charge in [0.1, 0.15) is 12.4 Å². The van der Waals surface area contributed by atoms with Crippen LogP contribution in [-0.4, -0.2) is 64.0 Å². The van der Waals surface area contributed by atoms with E-state index in [1.807, 2.05) is 12.1 Å². The molecule has 1 atom stereocenters. The van der Waals surface area contributed by atoms with E-state index in [2.05, 4.69) is 29.3 Å². The molecule has 2 aliphatic heterocycles. The van der Waals surface area contributed by atoms with Gasteiger partial charge in [-0.1, -0.05) is 12.1 Å². The van der Waals surface area contributed by atoms with Crippen LogP contribution in [0.1, 0.15) is 25.3 Å². The van der Waals surface area contributed by atoms with Crippen LogP contribution in [0.3, 0.4) is 0 Å². The van der Waals surface area contributed by atoms with Crippen molar-refractivity contribution in [1.29, 1.82) is 0 Å². The fourth-order valence-electron chi connectivity index (χ4n) is 3.61. The third-order valence-electron chi connectivity index (χ3n) is 5.15. The number of benzene rings is 1. The highest BCUT2D eigenvalue weighted by Crippen LogP contribution is 2.38. The Bertz CT molecular complexity index is 582. The lowest BCUT2D eigenvalue weighted by Crippen LogP contribution is -2.41. The predicted octanol–water partition coefficient (Wildman–Crippen LogP) is 2.29. The number of ether oxygens (including phenoxy) is 3. The van der Waals surface area contributed by atoms with Gasteiger partial charge in [-0.25, -0.2) is 4.99 Å². The molecule has 1 spiro atoms. The molecule has 144 valence electrons. The first-order chi connectivity index (χ1) is 12.7. The highest BCUT2D eigenvalue weighted by Gasteiger charge is 2.42. The van der Waals surface area contributed by atoms with Crippen LogP contribution in [0.25, 0.3) is 0 Å². The third-order valence-corrected chi connectivity index (χ3v) is 5.15. The van der Waals surface area contributed by atoms with Crippen LogP contribution >= 0.6 is 0 Å². The Morgan fingerprint density at radius 1 is 1.27 bits per heavy atom. The number of hydrogen-bond donors (Lipinski definition) is 1. The number of aliphatic imine (C=N–C) groups is 1. The summed E-state index contributed by atoms with van der Waals surface area (Å²) >= 11 is 0. The van der Waals surface area contributed by atoms with Crippen LogP contribution in [0.5, 0.6) is 5.75 Å². The molecule has 1 unspecified atom stereocenters. The summed E-state index contributed by atoms with van der Waals surface area (Å²) in [6.07, 6.45) is 2.37. The lowest BCUT2D eigenvalue weighted by molar-refractivity contribution is 0.146. The van der Waals surface area contributed by atoms with Gasteiger partial charge in [-0.15, -0.1) is 0 Å². The molecule has 3 rings (SSSR count). The monoisotopic (exact) mass is 361 g/mol. The molecule has 1 aromatic rings. The fraction of sp³-hybridized carbons (Fsp3) is 0.650. The molecule has 0 saturated carbocycles. The minimum atomic E-state index is 0.345. The molecule has 1 aromatic carbocycles. The maximum absolute atomic E-state index is 5.64. The van der Waals surface area contributed by atoms with Crippen LogP contribution < -0.4 is 10.1 Å². The second kappa shape index (κ2) is 9.24. The van der Waals surface area contributed by atoms with Crippen molar-refractivity contribution < 1.29 is 14.2 Å². The molecule has 6 heteroatoms. The van der Waals surface area contributed by atoms with Gasteiger partial charge >= 0.3 is 0 Å². The minimum Gasteiger partial charge on any atom is -0.491 e. The van der Waals surface area contributed by atoms with Crippen LogP contribution in [0.15, 0.2) is 29.3 Å². The molecule has 2 saturated heterocycles. The van der Waals surface area contributed by atoms with Crippen molar-refractivity contribution in [3.8, 4) is 5.75 Å². The van der Waals surface area contributed by atoms with Gasteiger partial charge in [-0.2, -0.15) is 0 Å². The number of nitrogens with zero attached hydrogens (tertiary/aromatic N) is 2. The quantitative estimate of drug-likeness (QED) is 0.459. The van der Waals surface area contributed by atoms with Gasteiger partial charge in [0, 0.05) is 38.8 Å². The second-order valence-corrected chi connectivity index (χ2v) is 7.13. The van der Waals surface area contributed by atoms with Crippen LogP contribution in [0.2, 0.25) is 0 Å². The molecule has 0 radical (unpaired) electrons. The van der Waals surface area contributed by atoms with Crippen LogP contribution in [-0.2, 0) is 16.0 Å². The average molecular weight is 361 g/mol. The van der Waals surface area contributed by atoms with Crippen molar-refractivity contribution in [3.05, 3.63) is 29.8 Å². The number of nitrogens with one attached hydrogen (secondary N) is 1. The van der Waals surface area contributed by atoms with E-state index < -0.39 is 0 Å². The Hall–Kier alpha value is -1.79. The molecule has 0 bridgehead atoms. The lowest BCUT2D eigenvalue weighted by Gasteiger charge is -2.25. The number of guanidine groups is 1. The molecular weight excluding hydrogens is 330 g/mol. The van der Waals surface area contributed by atoms with Gasteiger partial charge in [0.15, 0.2) is 5.96 Å². The first-order valence-corrected chi connectivity index (χ1v) is 9.56. The topological polar surface area (TPSA) is 55.3 Å². The Kier molecular flexibility index (Phi) is 6.74. The van der Waals surface area contributed by atoms with Crippen LogP contribution in [0, 0.1) is 5.41 Å². The van der Waals surface area contributed by atoms with E-state index in [1.54, 1.807) is 7.11 Å². The molecule has 6 nitrogen and oxygen atoms in total. The zero-order valence-electron chi connectivity index (χ0n) is 16.0. The van der Waals surface area contributed by atoms with E-state index in [0.29, 0.717) is 25.2 Å². The first kappa shape index (κ1) is 19.0. The second-order valence-electron chi connectivity index (χ2n) is 7.13. The zero-order valence-corrected chi connectivity index (χ0v) is 16.0. The summed E-state index contributed by atoms with van der Waals surface area (Å²) in [5.41, 5.74) is 1.52. The number of hydrogen-bond acceptors (Lipinski definition) is 4. The van der Waals surface area contributed by atoms with E-state index in [-0.39, 0.29) is 0 Å². The summed E-state index contributed by atoms with van der Waals surface area (Å²) in [6, 6.07) is 8.14. The Labute approximate surface area is 156 Å². The van der Waals surface area contributed by atoms with Gasteiger partial charge in [0.05, 0.1) is 19.8 Å². The highest BCUT2D eigenvalue weighted by molar-refractivity contribution is 5.80. The summed E-state index contributed by atoms with van der Waals surface area (Å²) in [5.74, 6) is 1.88. The molecule has 0 amide bonds. The number of rotatable bonds is 7. The Balaban J connectivity index is 1.57.